The number of para-hydroxylation sites is 3. The number of amides is 1. The standard InChI is InChI=1S/C25H21N5O2/c1-2-16-29-21-15-9-8-14-20(21)26-25(29)27-23(31)22-18-12-6-7-13-19(18)24(32)30(28-22)17-10-4-3-5-11-17/h3-15H,2,16H2,1H3,(H,26,27,31). The number of hydrogen-bond acceptors (Lipinski definition) is 4. The van der Waals surface area contributed by atoms with E-state index >= 15 is 0 Å². The van der Waals surface area contributed by atoms with Crippen LogP contribution in [0.4, 0.5) is 5.95 Å². The summed E-state index contributed by atoms with van der Waals surface area (Å²) in [6.45, 7) is 2.79. The maximum Gasteiger partial charge on any atom is 0.279 e. The summed E-state index contributed by atoms with van der Waals surface area (Å²) in [5, 5.41) is 8.31. The molecule has 158 valence electrons. The smallest absolute Gasteiger partial charge is 0.279 e. The molecule has 7 heteroatoms. The number of imidazole rings is 1. The van der Waals surface area contributed by atoms with Crippen molar-refractivity contribution < 1.29 is 4.79 Å². The van der Waals surface area contributed by atoms with Crippen molar-refractivity contribution in [3.05, 3.63) is 94.9 Å². The number of anilines is 1. The fraction of sp³-hybridized carbons (Fsp3) is 0.120. The van der Waals surface area contributed by atoms with Gasteiger partial charge in [0.05, 0.1) is 22.1 Å². The molecule has 0 spiro atoms. The molecule has 0 radical (unpaired) electrons. The molecule has 0 saturated carbocycles. The van der Waals surface area contributed by atoms with Crippen molar-refractivity contribution in [2.45, 2.75) is 19.9 Å². The van der Waals surface area contributed by atoms with E-state index < -0.39 is 5.91 Å². The normalized spacial score (nSPS) is 11.2. The van der Waals surface area contributed by atoms with Crippen LogP contribution < -0.4 is 10.9 Å². The van der Waals surface area contributed by atoms with Crippen LogP contribution in [-0.2, 0) is 6.54 Å². The van der Waals surface area contributed by atoms with E-state index in [1.54, 1.807) is 36.4 Å². The Morgan fingerprint density at radius 3 is 2.38 bits per heavy atom. The Labute approximate surface area is 183 Å². The van der Waals surface area contributed by atoms with Gasteiger partial charge in [-0.15, -0.1) is 0 Å². The second-order valence-electron chi connectivity index (χ2n) is 7.48. The van der Waals surface area contributed by atoms with Crippen LogP contribution >= 0.6 is 0 Å². The molecular weight excluding hydrogens is 402 g/mol. The zero-order chi connectivity index (χ0) is 22.1. The molecule has 7 nitrogen and oxygen atoms in total. The average molecular weight is 423 g/mol. The number of carbonyl (C=O) groups excluding carboxylic acids is 1. The van der Waals surface area contributed by atoms with Crippen LogP contribution in [0, 0.1) is 0 Å². The van der Waals surface area contributed by atoms with E-state index in [0.29, 0.717) is 29.0 Å². The van der Waals surface area contributed by atoms with Gasteiger partial charge in [0.15, 0.2) is 5.69 Å². The zero-order valence-electron chi connectivity index (χ0n) is 17.5. The summed E-state index contributed by atoms with van der Waals surface area (Å²) < 4.78 is 3.26. The maximum atomic E-state index is 13.4. The first-order valence-electron chi connectivity index (χ1n) is 10.5. The number of nitrogens with zero attached hydrogens (tertiary/aromatic N) is 4. The van der Waals surface area contributed by atoms with Crippen molar-refractivity contribution in [3.8, 4) is 5.69 Å². The second-order valence-corrected chi connectivity index (χ2v) is 7.48. The van der Waals surface area contributed by atoms with Crippen molar-refractivity contribution in [2.75, 3.05) is 5.32 Å². The molecule has 0 saturated heterocycles. The van der Waals surface area contributed by atoms with Crippen LogP contribution in [0.3, 0.4) is 0 Å². The Hall–Kier alpha value is -4.26. The second kappa shape index (κ2) is 8.11. The van der Waals surface area contributed by atoms with Crippen LogP contribution in [0.5, 0.6) is 0 Å². The Bertz CT molecular complexity index is 1500. The van der Waals surface area contributed by atoms with Gasteiger partial charge in [-0.2, -0.15) is 9.78 Å². The van der Waals surface area contributed by atoms with Gasteiger partial charge in [-0.1, -0.05) is 55.5 Å². The van der Waals surface area contributed by atoms with E-state index in [2.05, 4.69) is 22.3 Å². The lowest BCUT2D eigenvalue weighted by atomic mass is 10.1. The molecule has 2 aromatic heterocycles. The van der Waals surface area contributed by atoms with Gasteiger partial charge in [-0.05, 0) is 36.8 Å². The summed E-state index contributed by atoms with van der Waals surface area (Å²) in [6.07, 6.45) is 0.892. The third-order valence-electron chi connectivity index (χ3n) is 5.35. The van der Waals surface area contributed by atoms with Gasteiger partial charge in [-0.25, -0.2) is 4.98 Å². The predicted octanol–water partition coefficient (Wildman–Crippen LogP) is 4.40. The third-order valence-corrected chi connectivity index (χ3v) is 5.35. The highest BCUT2D eigenvalue weighted by Gasteiger charge is 2.20. The number of nitrogens with one attached hydrogen (secondary N) is 1. The number of aryl methyl sites for hydroxylation is 1. The first-order chi connectivity index (χ1) is 15.7. The van der Waals surface area contributed by atoms with Crippen LogP contribution in [0.15, 0.2) is 83.7 Å². The number of benzene rings is 3. The van der Waals surface area contributed by atoms with Gasteiger partial charge in [0.1, 0.15) is 0 Å². The first-order valence-corrected chi connectivity index (χ1v) is 10.5. The molecule has 3 aromatic carbocycles. The summed E-state index contributed by atoms with van der Waals surface area (Å²) in [6, 6.07) is 23.9. The highest BCUT2D eigenvalue weighted by atomic mass is 16.2. The molecule has 0 aliphatic carbocycles. The molecule has 1 N–H and O–H groups in total. The van der Waals surface area contributed by atoms with Gasteiger partial charge in [0.25, 0.3) is 11.5 Å². The topological polar surface area (TPSA) is 81.8 Å². The molecule has 0 aliphatic heterocycles. The quantitative estimate of drug-likeness (QED) is 0.454. The molecule has 32 heavy (non-hydrogen) atoms. The van der Waals surface area contributed by atoms with Crippen LogP contribution in [0.1, 0.15) is 23.8 Å². The molecule has 0 aliphatic rings. The number of hydrogen-bond donors (Lipinski definition) is 1. The van der Waals surface area contributed by atoms with Gasteiger partial charge >= 0.3 is 0 Å². The van der Waals surface area contributed by atoms with E-state index in [-0.39, 0.29) is 11.3 Å². The monoisotopic (exact) mass is 423 g/mol. The number of rotatable bonds is 5. The minimum atomic E-state index is -0.418. The molecule has 1 amide bonds. The maximum absolute atomic E-state index is 13.4. The summed E-state index contributed by atoms with van der Waals surface area (Å²) in [5.74, 6) is 0.0416. The molecule has 0 atom stereocenters. The van der Waals surface area contributed by atoms with Gasteiger partial charge in [0, 0.05) is 11.9 Å². The van der Waals surface area contributed by atoms with E-state index in [9.17, 15) is 9.59 Å². The van der Waals surface area contributed by atoms with Crippen LogP contribution in [-0.4, -0.2) is 25.2 Å². The number of aromatic nitrogens is 4. The summed E-state index contributed by atoms with van der Waals surface area (Å²) in [7, 11) is 0. The first kappa shape index (κ1) is 19.7. The van der Waals surface area contributed by atoms with Gasteiger partial charge in [0.2, 0.25) is 5.95 Å². The lowest BCUT2D eigenvalue weighted by molar-refractivity contribution is 0.102. The number of carbonyl (C=O) groups is 1. The lowest BCUT2D eigenvalue weighted by Crippen LogP contribution is -2.27. The van der Waals surface area contributed by atoms with Crippen LogP contribution in [0.2, 0.25) is 0 Å². The third kappa shape index (κ3) is 3.33. The van der Waals surface area contributed by atoms with Crippen molar-refractivity contribution >= 4 is 33.7 Å². The van der Waals surface area contributed by atoms with E-state index in [1.165, 1.54) is 4.68 Å². The van der Waals surface area contributed by atoms with Crippen molar-refractivity contribution in [2.24, 2.45) is 0 Å². The molecule has 5 aromatic rings. The zero-order valence-corrected chi connectivity index (χ0v) is 17.5. The minimum absolute atomic E-state index is 0.166. The molecule has 5 rings (SSSR count). The van der Waals surface area contributed by atoms with E-state index in [0.717, 1.165) is 17.5 Å². The highest BCUT2D eigenvalue weighted by Crippen LogP contribution is 2.22. The van der Waals surface area contributed by atoms with Crippen molar-refractivity contribution in [1.82, 2.24) is 19.3 Å². The number of fused-ring (bicyclic) bond motifs is 2. The summed E-state index contributed by atoms with van der Waals surface area (Å²) in [5.41, 5.74) is 2.25. The fourth-order valence-corrected chi connectivity index (χ4v) is 3.88. The van der Waals surface area contributed by atoms with Crippen molar-refractivity contribution in [1.29, 1.82) is 0 Å². The highest BCUT2D eigenvalue weighted by molar-refractivity contribution is 6.11. The lowest BCUT2D eigenvalue weighted by Gasteiger charge is -2.12. The fourth-order valence-electron chi connectivity index (χ4n) is 3.88. The predicted molar refractivity (Wildman–Crippen MR) is 125 cm³/mol. The molecule has 0 unspecified atom stereocenters. The molecule has 0 fully saturated rings. The minimum Gasteiger partial charge on any atom is -0.310 e. The largest absolute Gasteiger partial charge is 0.310 e. The van der Waals surface area contributed by atoms with Crippen molar-refractivity contribution in [3.63, 3.8) is 0 Å². The SMILES string of the molecule is CCCn1c(NC(=O)c2nn(-c3ccccc3)c(=O)c3ccccc23)nc2ccccc21. The molecule has 0 bridgehead atoms. The summed E-state index contributed by atoms with van der Waals surface area (Å²) in [4.78, 5) is 31.1. The average Bonchev–Trinajstić information content (AvgIpc) is 3.17. The Morgan fingerprint density at radius 1 is 0.906 bits per heavy atom. The van der Waals surface area contributed by atoms with Crippen LogP contribution in [0.25, 0.3) is 27.5 Å². The Balaban J connectivity index is 1.65. The Kier molecular flexibility index (Phi) is 4.99. The molecule has 2 heterocycles. The molecular formula is C25H21N5O2. The van der Waals surface area contributed by atoms with Gasteiger partial charge in [-0.3, -0.25) is 14.9 Å². The Morgan fingerprint density at radius 2 is 1.59 bits per heavy atom. The van der Waals surface area contributed by atoms with Gasteiger partial charge < -0.3 is 4.57 Å². The van der Waals surface area contributed by atoms with E-state index in [4.69, 9.17) is 0 Å². The van der Waals surface area contributed by atoms with E-state index in [1.807, 2.05) is 47.0 Å². The summed E-state index contributed by atoms with van der Waals surface area (Å²) >= 11 is 0.